The minimum atomic E-state index is -1.64. The Bertz CT molecular complexity index is 2320. The van der Waals surface area contributed by atoms with Crippen molar-refractivity contribution < 1.29 is 61.8 Å². The van der Waals surface area contributed by atoms with Crippen molar-refractivity contribution in [1.82, 2.24) is 25.4 Å². The molecule has 2 unspecified atom stereocenters. The van der Waals surface area contributed by atoms with E-state index in [9.17, 15) is 28.8 Å². The summed E-state index contributed by atoms with van der Waals surface area (Å²) in [4.78, 5) is 102. The average molecular weight is 985 g/mol. The van der Waals surface area contributed by atoms with Crippen LogP contribution in [0.1, 0.15) is 131 Å². The number of hydrogen-bond donors (Lipinski definition) is 3. The number of carbonyl (C=O) groups excluding carboxylic acids is 7. The molecule has 0 spiro atoms. The Kier molecular flexibility index (Phi) is 15.0. The van der Waals surface area contributed by atoms with Crippen LogP contribution >= 0.6 is 23.1 Å². The lowest BCUT2D eigenvalue weighted by Gasteiger charge is -2.64. The van der Waals surface area contributed by atoms with E-state index in [0.29, 0.717) is 17.2 Å². The summed E-state index contributed by atoms with van der Waals surface area (Å²) in [5, 5.41) is 9.66. The molecular weight excluding hydrogens is 919 g/mol. The number of urea groups is 1. The number of aromatic nitrogens is 1. The molecular formula is C46H65BN6O13S2. The quantitative estimate of drug-likeness (QED) is 0.0490. The van der Waals surface area contributed by atoms with Gasteiger partial charge < -0.3 is 43.8 Å². The summed E-state index contributed by atoms with van der Waals surface area (Å²) in [5.41, 5.74) is -3.35. The van der Waals surface area contributed by atoms with Crippen LogP contribution in [-0.4, -0.2) is 124 Å². The molecule has 68 heavy (non-hydrogen) atoms. The van der Waals surface area contributed by atoms with Gasteiger partial charge in [-0.05, 0) is 131 Å². The van der Waals surface area contributed by atoms with Gasteiger partial charge in [0.05, 0.1) is 23.3 Å². The second-order valence-corrected chi connectivity index (χ2v) is 23.0. The van der Waals surface area contributed by atoms with E-state index >= 15 is 4.79 Å². The third kappa shape index (κ3) is 11.6. The number of nitrogens with one attached hydrogen (secondary N) is 3. The first-order chi connectivity index (χ1) is 31.4. The Labute approximate surface area is 406 Å². The SMILES string of the molecule is CCN1CCN(C(=O)NC(C(=O)NC(Cc2ccc(SC)c(C(=O)OC(C)(C)C)c2OC(=O)OC(C)(C)C)B2O[C@@H]3C[C@@H]4C[C@@H](C4(C)C)[C@]3(C)O2)c2csc(NC(=O)OC(C)(C)C)n2)C(=O)C1=O. The fourth-order valence-electron chi connectivity index (χ4n) is 9.23. The number of likely N-dealkylation sites (N-methyl/N-ethyl adjacent to an activating group) is 1. The summed E-state index contributed by atoms with van der Waals surface area (Å²) < 4.78 is 36.4. The van der Waals surface area contributed by atoms with Crippen LogP contribution in [0.2, 0.25) is 0 Å². The van der Waals surface area contributed by atoms with Crippen LogP contribution in [0, 0.1) is 17.3 Å². The maximum atomic E-state index is 15.1. The molecule has 6 atom stereocenters. The van der Waals surface area contributed by atoms with Gasteiger partial charge in [-0.1, -0.05) is 19.9 Å². The highest BCUT2D eigenvalue weighted by Gasteiger charge is 2.68. The van der Waals surface area contributed by atoms with Gasteiger partial charge in [-0.3, -0.25) is 24.6 Å². The van der Waals surface area contributed by atoms with Gasteiger partial charge >= 0.3 is 43.2 Å². The number of anilines is 1. The lowest BCUT2D eigenvalue weighted by Crippen LogP contribution is -2.65. The van der Waals surface area contributed by atoms with Crippen molar-refractivity contribution in [3.8, 4) is 5.75 Å². The van der Waals surface area contributed by atoms with Crippen molar-refractivity contribution in [2.24, 2.45) is 17.3 Å². The Morgan fingerprint density at radius 2 is 1.59 bits per heavy atom. The van der Waals surface area contributed by atoms with E-state index in [2.05, 4.69) is 34.8 Å². The Balaban J connectivity index is 1.42. The molecule has 2 bridgehead atoms. The van der Waals surface area contributed by atoms with Gasteiger partial charge in [-0.2, -0.15) is 0 Å². The van der Waals surface area contributed by atoms with Crippen molar-refractivity contribution in [3.05, 3.63) is 34.3 Å². The van der Waals surface area contributed by atoms with Crippen LogP contribution in [0.15, 0.2) is 22.4 Å². The number of piperazine rings is 1. The van der Waals surface area contributed by atoms with Crippen LogP contribution in [0.5, 0.6) is 5.75 Å². The zero-order valence-electron chi connectivity index (χ0n) is 41.4. The van der Waals surface area contributed by atoms with E-state index in [4.69, 9.17) is 28.3 Å². The number of thioether (sulfide) groups is 1. The summed E-state index contributed by atoms with van der Waals surface area (Å²) in [6.07, 6.45) is 0.974. The highest BCUT2D eigenvalue weighted by atomic mass is 32.2. The molecule has 2 saturated heterocycles. The molecule has 7 rings (SSSR count). The number of nitrogens with zero attached hydrogens (tertiary/aromatic N) is 3. The van der Waals surface area contributed by atoms with E-state index in [1.807, 2.05) is 6.92 Å². The first-order valence-corrected chi connectivity index (χ1v) is 24.9. The average Bonchev–Trinajstić information content (AvgIpc) is 3.82. The maximum absolute atomic E-state index is 15.1. The molecule has 3 heterocycles. The number of hydrogen-bond acceptors (Lipinski definition) is 16. The molecule has 5 fully saturated rings. The molecule has 3 aliphatic carbocycles. The van der Waals surface area contributed by atoms with Gasteiger partial charge in [0.2, 0.25) is 5.91 Å². The molecule has 2 aromatic rings. The van der Waals surface area contributed by atoms with Gasteiger partial charge in [0, 0.05) is 29.9 Å². The number of carbonyl (C=O) groups is 7. The third-order valence-electron chi connectivity index (χ3n) is 12.6. The van der Waals surface area contributed by atoms with Crippen molar-refractivity contribution in [1.29, 1.82) is 0 Å². The molecule has 19 nitrogen and oxygen atoms in total. The normalized spacial score (nSPS) is 23.1. The number of benzene rings is 1. The molecule has 3 saturated carbocycles. The van der Waals surface area contributed by atoms with E-state index in [0.717, 1.165) is 22.7 Å². The highest BCUT2D eigenvalue weighted by Crippen LogP contribution is 2.65. The molecule has 2 aliphatic heterocycles. The monoisotopic (exact) mass is 984 g/mol. The maximum Gasteiger partial charge on any atom is 0.514 e. The number of rotatable bonds is 12. The van der Waals surface area contributed by atoms with E-state index in [-0.39, 0.29) is 71.2 Å². The fraction of sp³-hybridized carbons (Fsp3) is 0.652. The number of imide groups is 1. The summed E-state index contributed by atoms with van der Waals surface area (Å²) in [5.74, 6) is -4.34. The predicted molar refractivity (Wildman–Crippen MR) is 253 cm³/mol. The molecule has 6 amide bonds. The minimum absolute atomic E-state index is 0.0291. The van der Waals surface area contributed by atoms with Gasteiger partial charge in [-0.15, -0.1) is 23.1 Å². The van der Waals surface area contributed by atoms with Crippen molar-refractivity contribution in [2.75, 3.05) is 31.2 Å². The largest absolute Gasteiger partial charge is 0.514 e. The molecule has 0 radical (unpaired) electrons. The van der Waals surface area contributed by atoms with Gasteiger partial charge in [0.25, 0.3) is 0 Å². The molecule has 5 aliphatic rings. The predicted octanol–water partition coefficient (Wildman–Crippen LogP) is 6.92. The molecule has 22 heteroatoms. The van der Waals surface area contributed by atoms with Crippen molar-refractivity contribution >= 4 is 77.3 Å². The molecule has 372 valence electrons. The second kappa shape index (κ2) is 19.5. The minimum Gasteiger partial charge on any atom is -0.456 e. The van der Waals surface area contributed by atoms with Gasteiger partial charge in [0.15, 0.2) is 16.9 Å². The van der Waals surface area contributed by atoms with Crippen LogP contribution in [0.4, 0.5) is 19.5 Å². The second-order valence-electron chi connectivity index (χ2n) is 21.3. The summed E-state index contributed by atoms with van der Waals surface area (Å²) >= 11 is 2.18. The van der Waals surface area contributed by atoms with Gasteiger partial charge in [-0.25, -0.2) is 24.2 Å². The Morgan fingerprint density at radius 3 is 2.19 bits per heavy atom. The highest BCUT2D eigenvalue weighted by molar-refractivity contribution is 7.98. The van der Waals surface area contributed by atoms with Crippen LogP contribution < -0.4 is 20.7 Å². The number of ether oxygens (including phenoxy) is 4. The van der Waals surface area contributed by atoms with Crippen molar-refractivity contribution in [3.63, 3.8) is 0 Å². The van der Waals surface area contributed by atoms with Crippen LogP contribution in [0.25, 0.3) is 0 Å². The van der Waals surface area contributed by atoms with Crippen LogP contribution in [0.3, 0.4) is 0 Å². The third-order valence-corrected chi connectivity index (χ3v) is 14.1. The lowest BCUT2D eigenvalue weighted by molar-refractivity contribution is -0.199. The van der Waals surface area contributed by atoms with Gasteiger partial charge in [0.1, 0.15) is 22.4 Å². The lowest BCUT2D eigenvalue weighted by atomic mass is 9.43. The van der Waals surface area contributed by atoms with Crippen LogP contribution in [-0.2, 0) is 44.3 Å². The van der Waals surface area contributed by atoms with E-state index < -0.39 is 83.5 Å². The number of thiazole rings is 1. The Hall–Kier alpha value is -4.93. The van der Waals surface area contributed by atoms with Crippen molar-refractivity contribution in [2.45, 2.75) is 155 Å². The Morgan fingerprint density at radius 1 is 0.926 bits per heavy atom. The molecule has 3 N–H and O–H groups in total. The molecule has 1 aromatic heterocycles. The standard InChI is InChI=1S/C46H65BN6O13S2/c1-15-52-18-19-53(36(56)35(52)55)39(58)50-32(26-23-68-38(48-26)51-40(59)63-43(5,6)7)34(54)49-30(47-65-29-22-25-21-28(45(25,11)12)46(29,13)66-47)20-24-16-17-27(67-14)31(37(57)62-42(2,3)4)33(24)61-41(60)64-44(8,9)10/h16-17,23,25,28-30,32H,15,18-22H2,1-14H3,(H,49,54)(H,50,58)(H,48,51,59)/t25-,28-,29+,30?,32?,46-/m0/s1. The summed E-state index contributed by atoms with van der Waals surface area (Å²) in [6, 6.07) is 0.669. The zero-order chi connectivity index (χ0) is 50.5. The first kappa shape index (κ1) is 52.4. The zero-order valence-corrected chi connectivity index (χ0v) is 43.0. The summed E-state index contributed by atoms with van der Waals surface area (Å²) in [7, 11) is -1.12. The summed E-state index contributed by atoms with van der Waals surface area (Å²) in [6.45, 7) is 23.5. The smallest absolute Gasteiger partial charge is 0.456 e. The fourth-order valence-corrected chi connectivity index (χ4v) is 10.5. The molecule has 1 aromatic carbocycles. The first-order valence-electron chi connectivity index (χ1n) is 22.8. The van der Waals surface area contributed by atoms with E-state index in [1.54, 1.807) is 87.6 Å². The topological polar surface area (TPSA) is 230 Å². The number of amides is 6. The number of esters is 1. The van der Waals surface area contributed by atoms with E-state index in [1.165, 1.54) is 22.0 Å².